The number of carboxylic acids is 1. The second-order valence-electron chi connectivity index (χ2n) is 15.6. The molecule has 5 heteroatoms. The average molecular weight is 530 g/mol. The zero-order valence-corrected chi connectivity index (χ0v) is 25.4. The van der Waals surface area contributed by atoms with Gasteiger partial charge in [0.25, 0.3) is 0 Å². The lowest BCUT2D eigenvalue weighted by Crippen LogP contribution is -2.68. The Kier molecular flexibility index (Phi) is 7.01. The van der Waals surface area contributed by atoms with Gasteiger partial charge in [0.2, 0.25) is 0 Å². The van der Waals surface area contributed by atoms with Crippen molar-refractivity contribution in [1.82, 2.24) is 0 Å². The van der Waals surface area contributed by atoms with Crippen LogP contribution in [-0.4, -0.2) is 43.5 Å². The number of allylic oxidation sites excluding steroid dienone is 1. The highest BCUT2D eigenvalue weighted by molar-refractivity contribution is 5.73. The highest BCUT2D eigenvalue weighted by atomic mass is 16.5. The summed E-state index contributed by atoms with van der Waals surface area (Å²) in [7, 11) is 0. The maximum Gasteiger partial charge on any atom is 0.307 e. The number of rotatable bonds is 6. The predicted octanol–water partition coefficient (Wildman–Crippen LogP) is 6.55. The van der Waals surface area contributed by atoms with E-state index < -0.39 is 5.97 Å². The van der Waals surface area contributed by atoms with E-state index in [0.717, 1.165) is 45.3 Å². The number of fused-ring (bicyclic) bond motifs is 3. The van der Waals surface area contributed by atoms with Gasteiger partial charge in [-0.05, 0) is 84.4 Å². The second-order valence-corrected chi connectivity index (χ2v) is 15.6. The van der Waals surface area contributed by atoms with E-state index in [1.165, 1.54) is 6.42 Å². The minimum absolute atomic E-state index is 0.0139. The van der Waals surface area contributed by atoms with Crippen LogP contribution in [0.15, 0.2) is 11.6 Å². The second kappa shape index (κ2) is 9.31. The molecule has 1 saturated heterocycles. The molecular formula is C33H55NO4. The molecule has 3 N–H and O–H groups in total. The summed E-state index contributed by atoms with van der Waals surface area (Å²) in [5, 5.41) is 10.9. The fraction of sp³-hybridized carbons (Fsp3) is 0.909. The van der Waals surface area contributed by atoms with Crippen LogP contribution in [0.4, 0.5) is 0 Å². The van der Waals surface area contributed by atoms with Gasteiger partial charge in [0, 0.05) is 17.4 Å². The summed E-state index contributed by atoms with van der Waals surface area (Å²) >= 11 is 0. The first kappa shape index (κ1) is 28.6. The third-order valence-electron chi connectivity index (χ3n) is 13.8. The Balaban J connectivity index is 1.58. The Hall–Kier alpha value is -0.910. The molecule has 11 atom stereocenters. The molecule has 5 rings (SSSR count). The van der Waals surface area contributed by atoms with E-state index in [9.17, 15) is 9.90 Å². The van der Waals surface area contributed by atoms with Gasteiger partial charge in [-0.15, -0.1) is 0 Å². The molecule has 0 spiro atoms. The van der Waals surface area contributed by atoms with Crippen LogP contribution in [0, 0.1) is 62.6 Å². The van der Waals surface area contributed by atoms with Gasteiger partial charge in [-0.1, -0.05) is 67.0 Å². The zero-order chi connectivity index (χ0) is 27.9. The summed E-state index contributed by atoms with van der Waals surface area (Å²) in [6.45, 7) is 21.5. The van der Waals surface area contributed by atoms with Crippen molar-refractivity contribution in [3.63, 3.8) is 0 Å². The van der Waals surface area contributed by atoms with Gasteiger partial charge in [0.05, 0.1) is 31.8 Å². The summed E-state index contributed by atoms with van der Waals surface area (Å²) in [6, 6.07) is 0. The summed E-state index contributed by atoms with van der Waals surface area (Å²) in [5.74, 6) is 1.32. The van der Waals surface area contributed by atoms with Crippen molar-refractivity contribution < 1.29 is 19.4 Å². The molecule has 4 aliphatic carbocycles. The molecule has 3 saturated carbocycles. The lowest BCUT2D eigenvalue weighted by Gasteiger charge is -2.71. The van der Waals surface area contributed by atoms with Gasteiger partial charge in [-0.25, -0.2) is 0 Å². The molecular weight excluding hydrogens is 474 g/mol. The van der Waals surface area contributed by atoms with Crippen molar-refractivity contribution in [2.75, 3.05) is 26.4 Å². The van der Waals surface area contributed by atoms with Gasteiger partial charge < -0.3 is 20.3 Å². The molecule has 5 nitrogen and oxygen atoms in total. The molecule has 38 heavy (non-hydrogen) atoms. The maximum absolute atomic E-state index is 13.2. The number of carbonyl (C=O) groups is 1. The predicted molar refractivity (Wildman–Crippen MR) is 152 cm³/mol. The Labute approximate surface area is 231 Å². The smallest absolute Gasteiger partial charge is 0.307 e. The molecule has 0 aromatic carbocycles. The van der Waals surface area contributed by atoms with Gasteiger partial charge in [-0.3, -0.25) is 4.79 Å². The van der Waals surface area contributed by atoms with E-state index in [-0.39, 0.29) is 39.1 Å². The van der Waals surface area contributed by atoms with Crippen molar-refractivity contribution in [2.24, 2.45) is 68.3 Å². The molecule has 0 amide bonds. The Bertz CT molecular complexity index is 978. The number of aliphatic carboxylic acids is 1. The van der Waals surface area contributed by atoms with E-state index >= 15 is 0 Å². The van der Waals surface area contributed by atoms with E-state index in [2.05, 4.69) is 61.5 Å². The number of carboxylic acid groups (broad SMARTS) is 1. The van der Waals surface area contributed by atoms with Crippen LogP contribution < -0.4 is 5.73 Å². The molecule has 1 aliphatic heterocycles. The molecule has 0 aromatic heterocycles. The molecule has 1 heterocycles. The summed E-state index contributed by atoms with van der Waals surface area (Å²) < 4.78 is 13.0. The van der Waals surface area contributed by atoms with Gasteiger partial charge in [-0.2, -0.15) is 0 Å². The summed E-state index contributed by atoms with van der Waals surface area (Å²) in [5.41, 5.74) is 7.01. The lowest BCUT2D eigenvalue weighted by molar-refractivity contribution is -0.250. The first-order chi connectivity index (χ1) is 17.7. The zero-order valence-electron chi connectivity index (χ0n) is 25.4. The third-order valence-corrected chi connectivity index (χ3v) is 13.8. The van der Waals surface area contributed by atoms with Gasteiger partial charge in [0.15, 0.2) is 0 Å². The lowest BCUT2D eigenvalue weighted by atomic mass is 9.34. The van der Waals surface area contributed by atoms with Crippen molar-refractivity contribution in [3.8, 4) is 0 Å². The Morgan fingerprint density at radius 2 is 1.84 bits per heavy atom. The largest absolute Gasteiger partial charge is 0.481 e. The number of hydrogen-bond acceptors (Lipinski definition) is 4. The quantitative estimate of drug-likeness (QED) is 0.381. The van der Waals surface area contributed by atoms with Crippen LogP contribution in [0.3, 0.4) is 0 Å². The Morgan fingerprint density at radius 3 is 2.47 bits per heavy atom. The number of hydrogen-bond donors (Lipinski definition) is 2. The molecule has 216 valence electrons. The van der Waals surface area contributed by atoms with Crippen LogP contribution >= 0.6 is 0 Å². The topological polar surface area (TPSA) is 81.8 Å². The summed E-state index contributed by atoms with van der Waals surface area (Å²) in [4.78, 5) is 13.2. The van der Waals surface area contributed by atoms with E-state index in [1.54, 1.807) is 5.57 Å². The number of nitrogens with two attached hydrogens (primary N) is 1. The first-order valence-electron chi connectivity index (χ1n) is 15.6. The SMILES string of the molecule is CC(C)[C@@H](C)[C@@]1(C)CC[C@]2(C)[C@H]3CC[C@@H]4[C@@]5(COC[C@@]4(C)[C@@H](OCCN)[C@H](C)C5)C3=CC[C@@]2(C)[C@@H]1C(=O)O. The molecule has 0 unspecified atom stereocenters. The molecule has 0 radical (unpaired) electrons. The molecule has 5 aliphatic rings. The molecule has 4 fully saturated rings. The maximum atomic E-state index is 13.2. The Morgan fingerprint density at radius 1 is 1.13 bits per heavy atom. The van der Waals surface area contributed by atoms with Crippen LogP contribution in [0.25, 0.3) is 0 Å². The van der Waals surface area contributed by atoms with Gasteiger partial charge in [0.1, 0.15) is 0 Å². The minimum atomic E-state index is -0.586. The fourth-order valence-corrected chi connectivity index (χ4v) is 11.6. The van der Waals surface area contributed by atoms with Crippen LogP contribution in [-0.2, 0) is 14.3 Å². The number of ether oxygens (including phenoxy) is 2. The van der Waals surface area contributed by atoms with Crippen molar-refractivity contribution in [2.45, 2.75) is 100 Å². The normalized spacial score (nSPS) is 50.9. The summed E-state index contributed by atoms with van der Waals surface area (Å²) in [6.07, 6.45) is 9.12. The van der Waals surface area contributed by atoms with Crippen molar-refractivity contribution in [3.05, 3.63) is 11.6 Å². The van der Waals surface area contributed by atoms with Crippen LogP contribution in [0.5, 0.6) is 0 Å². The average Bonchev–Trinajstić information content (AvgIpc) is 2.83. The van der Waals surface area contributed by atoms with E-state index in [1.807, 2.05) is 0 Å². The third kappa shape index (κ3) is 3.56. The molecule has 2 bridgehead atoms. The minimum Gasteiger partial charge on any atom is -0.481 e. The van der Waals surface area contributed by atoms with E-state index in [4.69, 9.17) is 15.2 Å². The molecule has 0 aromatic rings. The fourth-order valence-electron chi connectivity index (χ4n) is 11.6. The van der Waals surface area contributed by atoms with Crippen molar-refractivity contribution in [1.29, 1.82) is 0 Å². The van der Waals surface area contributed by atoms with Crippen molar-refractivity contribution >= 4 is 5.97 Å². The highest BCUT2D eigenvalue weighted by Crippen LogP contribution is 2.75. The standard InChI is InChI=1S/C33H55NO4/c1-20(2)22(4)29(5)13-14-31(7)23-9-10-25-30(6)18-37-19-33(25,17-21(3)27(30)38-16-15-34)24(23)11-12-32(31,8)26(29)28(35)36/h11,20-23,25-27H,9-10,12-19,34H2,1-8H3,(H,35,36)/t21-,22-,23+,25+,26-,27+,29-,30-,31-,32+,33+/m1/s1. The first-order valence-corrected chi connectivity index (χ1v) is 15.6. The van der Waals surface area contributed by atoms with E-state index in [0.29, 0.717) is 42.7 Å². The highest BCUT2D eigenvalue weighted by Gasteiger charge is 2.71. The van der Waals surface area contributed by atoms with Crippen LogP contribution in [0.2, 0.25) is 0 Å². The monoisotopic (exact) mass is 529 g/mol. The van der Waals surface area contributed by atoms with Gasteiger partial charge >= 0.3 is 5.97 Å². The van der Waals surface area contributed by atoms with Crippen LogP contribution in [0.1, 0.15) is 93.9 Å².